The Kier molecular flexibility index (Phi) is 6.78. The van der Waals surface area contributed by atoms with Crippen LogP contribution in [0.2, 0.25) is 0 Å². The third-order valence-corrected chi connectivity index (χ3v) is 7.41. The van der Waals surface area contributed by atoms with Crippen LogP contribution in [0, 0.1) is 17.8 Å². The summed E-state index contributed by atoms with van der Waals surface area (Å²) in [5, 5.41) is 11.1. The monoisotopic (exact) mass is 427 g/mol. The number of Topliss-reactive ketones (excluding diaryl/α,β-unsaturated/α-hetero) is 1. The summed E-state index contributed by atoms with van der Waals surface area (Å²) < 4.78 is 5.80. The molecule has 0 aromatic rings. The number of ketones is 1. The minimum Gasteiger partial charge on any atom is -0.450 e. The van der Waals surface area contributed by atoms with E-state index in [1.807, 2.05) is 32.6 Å². The SMILES string of the molecule is C=C(C)C1CCC(=C)[C@H]2C3=C(C[C@](C)(OC(=O)CN(CC)CC)C3=O)C(O)C(C)=C[C@H]12. The number of ether oxygens (including phenoxy) is 1. The molecular formula is C26H37NO4. The van der Waals surface area contributed by atoms with Gasteiger partial charge in [0.2, 0.25) is 5.78 Å². The lowest BCUT2D eigenvalue weighted by atomic mass is 9.64. The fourth-order valence-electron chi connectivity index (χ4n) is 5.60. The first-order valence-corrected chi connectivity index (χ1v) is 11.4. The van der Waals surface area contributed by atoms with Crippen molar-refractivity contribution in [3.05, 3.63) is 47.1 Å². The van der Waals surface area contributed by atoms with E-state index < -0.39 is 17.7 Å². The lowest BCUT2D eigenvalue weighted by Crippen LogP contribution is -2.43. The lowest BCUT2D eigenvalue weighted by Gasteiger charge is -2.39. The Bertz CT molecular complexity index is 863. The van der Waals surface area contributed by atoms with Crippen molar-refractivity contribution in [1.82, 2.24) is 4.90 Å². The predicted molar refractivity (Wildman–Crippen MR) is 122 cm³/mol. The molecule has 5 atom stereocenters. The zero-order valence-corrected chi connectivity index (χ0v) is 19.7. The Hall–Kier alpha value is -1.98. The van der Waals surface area contributed by atoms with Gasteiger partial charge in [0, 0.05) is 17.9 Å². The van der Waals surface area contributed by atoms with Gasteiger partial charge in [0.1, 0.15) is 0 Å². The molecule has 0 spiro atoms. The summed E-state index contributed by atoms with van der Waals surface area (Å²) in [6.07, 6.45) is 3.28. The standard InChI is InChI=1S/C26H37NO4/c1-8-27(9-2)14-21(28)31-26(7)13-20-23(25(26)30)22-16(5)10-11-18(15(3)4)19(22)12-17(6)24(20)29/h12,18-19,22,24,29H,3,5,8-11,13-14H2,1-2,4,6-7H3/t18?,19-,22-,24?,26+/m1/s1. The van der Waals surface area contributed by atoms with E-state index in [0.29, 0.717) is 11.1 Å². The number of rotatable bonds is 6. The van der Waals surface area contributed by atoms with Gasteiger partial charge in [0.05, 0.1) is 12.6 Å². The van der Waals surface area contributed by atoms with Gasteiger partial charge in [-0.3, -0.25) is 14.5 Å². The molecule has 1 fully saturated rings. The first-order chi connectivity index (χ1) is 14.5. The largest absolute Gasteiger partial charge is 0.450 e. The van der Waals surface area contributed by atoms with E-state index in [4.69, 9.17) is 4.74 Å². The first-order valence-electron chi connectivity index (χ1n) is 11.4. The fraction of sp³-hybridized carbons (Fsp3) is 0.615. The highest BCUT2D eigenvalue weighted by molar-refractivity contribution is 6.07. The third kappa shape index (κ3) is 4.22. The van der Waals surface area contributed by atoms with Crippen molar-refractivity contribution in [2.45, 2.75) is 65.6 Å². The maximum Gasteiger partial charge on any atom is 0.321 e. The van der Waals surface area contributed by atoms with E-state index in [1.165, 1.54) is 0 Å². The van der Waals surface area contributed by atoms with E-state index in [-0.39, 0.29) is 36.5 Å². The summed E-state index contributed by atoms with van der Waals surface area (Å²) >= 11 is 0. The topological polar surface area (TPSA) is 66.8 Å². The molecule has 0 heterocycles. The maximum absolute atomic E-state index is 13.8. The number of carbonyl (C=O) groups is 2. The second-order valence-electron chi connectivity index (χ2n) is 9.63. The minimum atomic E-state index is -1.28. The Morgan fingerprint density at radius 2 is 2.00 bits per heavy atom. The highest BCUT2D eigenvalue weighted by Crippen LogP contribution is 2.53. The van der Waals surface area contributed by atoms with Gasteiger partial charge in [-0.15, -0.1) is 0 Å². The zero-order valence-electron chi connectivity index (χ0n) is 19.7. The Morgan fingerprint density at radius 3 is 2.58 bits per heavy atom. The number of nitrogens with zero attached hydrogens (tertiary/aromatic N) is 1. The third-order valence-electron chi connectivity index (χ3n) is 7.41. The van der Waals surface area contributed by atoms with Crippen LogP contribution in [0.1, 0.15) is 53.9 Å². The number of fused-ring (bicyclic) bond motifs is 2. The van der Waals surface area contributed by atoms with Crippen molar-refractivity contribution in [3.8, 4) is 0 Å². The van der Waals surface area contributed by atoms with Crippen LogP contribution in [0.3, 0.4) is 0 Å². The molecular weight excluding hydrogens is 390 g/mol. The van der Waals surface area contributed by atoms with Crippen LogP contribution in [0.15, 0.2) is 47.1 Å². The summed E-state index contributed by atoms with van der Waals surface area (Å²) in [5.41, 5.74) is 2.96. The van der Waals surface area contributed by atoms with Crippen molar-refractivity contribution in [2.75, 3.05) is 19.6 Å². The molecule has 0 aromatic heterocycles. The van der Waals surface area contributed by atoms with Crippen LogP contribution in [-0.2, 0) is 14.3 Å². The number of hydrogen-bond acceptors (Lipinski definition) is 5. The molecule has 0 aromatic carbocycles. The van der Waals surface area contributed by atoms with Crippen molar-refractivity contribution in [2.24, 2.45) is 17.8 Å². The van der Waals surface area contributed by atoms with Gasteiger partial charge in [-0.2, -0.15) is 0 Å². The molecule has 0 saturated heterocycles. The molecule has 3 aliphatic rings. The van der Waals surface area contributed by atoms with Crippen molar-refractivity contribution < 1.29 is 19.4 Å². The van der Waals surface area contributed by atoms with Gasteiger partial charge in [0.25, 0.3) is 0 Å². The van der Waals surface area contributed by atoms with Gasteiger partial charge in [-0.1, -0.05) is 44.2 Å². The fourth-order valence-corrected chi connectivity index (χ4v) is 5.60. The summed E-state index contributed by atoms with van der Waals surface area (Å²) in [4.78, 5) is 28.4. The maximum atomic E-state index is 13.8. The molecule has 2 unspecified atom stereocenters. The molecule has 1 saturated carbocycles. The summed E-state index contributed by atoms with van der Waals surface area (Å²) in [6, 6.07) is 0. The van der Waals surface area contributed by atoms with Crippen LogP contribution < -0.4 is 0 Å². The van der Waals surface area contributed by atoms with Gasteiger partial charge < -0.3 is 9.84 Å². The van der Waals surface area contributed by atoms with Crippen molar-refractivity contribution in [3.63, 3.8) is 0 Å². The first kappa shape index (κ1) is 23.7. The molecule has 0 radical (unpaired) electrons. The Labute approximate surface area is 186 Å². The molecule has 5 heteroatoms. The van der Waals surface area contributed by atoms with Gasteiger partial charge >= 0.3 is 5.97 Å². The van der Waals surface area contributed by atoms with Crippen LogP contribution in [-0.4, -0.2) is 53.1 Å². The molecule has 0 amide bonds. The van der Waals surface area contributed by atoms with E-state index in [1.54, 1.807) is 6.92 Å². The molecule has 170 valence electrons. The number of carbonyl (C=O) groups excluding carboxylic acids is 2. The van der Waals surface area contributed by atoms with Crippen LogP contribution in [0.5, 0.6) is 0 Å². The second-order valence-corrected chi connectivity index (χ2v) is 9.63. The number of aliphatic hydroxyl groups is 1. The van der Waals surface area contributed by atoms with E-state index in [0.717, 1.165) is 42.7 Å². The smallest absolute Gasteiger partial charge is 0.321 e. The normalized spacial score (nSPS) is 33.1. The number of allylic oxidation sites excluding steroid dienone is 3. The van der Waals surface area contributed by atoms with E-state index >= 15 is 0 Å². The van der Waals surface area contributed by atoms with E-state index in [2.05, 4.69) is 19.2 Å². The Morgan fingerprint density at radius 1 is 1.35 bits per heavy atom. The van der Waals surface area contributed by atoms with Crippen LogP contribution >= 0.6 is 0 Å². The summed E-state index contributed by atoms with van der Waals surface area (Å²) in [7, 11) is 0. The zero-order chi connectivity index (χ0) is 23.1. The number of esters is 1. The molecule has 3 aliphatic carbocycles. The molecule has 1 N–H and O–H groups in total. The Balaban J connectivity index is 1.97. The highest BCUT2D eigenvalue weighted by Gasteiger charge is 2.53. The van der Waals surface area contributed by atoms with Gasteiger partial charge in [0.15, 0.2) is 5.60 Å². The average molecular weight is 428 g/mol. The van der Waals surface area contributed by atoms with Crippen LogP contribution in [0.25, 0.3) is 0 Å². The number of likely N-dealkylation sites (N-methyl/N-ethyl adjacent to an activating group) is 1. The van der Waals surface area contributed by atoms with Crippen molar-refractivity contribution in [1.29, 1.82) is 0 Å². The molecule has 31 heavy (non-hydrogen) atoms. The predicted octanol–water partition coefficient (Wildman–Crippen LogP) is 4.00. The molecule has 0 bridgehead atoms. The summed E-state index contributed by atoms with van der Waals surface area (Å²) in [5.74, 6) is -0.491. The van der Waals surface area contributed by atoms with Crippen molar-refractivity contribution >= 4 is 11.8 Å². The van der Waals surface area contributed by atoms with Crippen LogP contribution in [0.4, 0.5) is 0 Å². The highest BCUT2D eigenvalue weighted by atomic mass is 16.6. The minimum absolute atomic E-state index is 0.0403. The second kappa shape index (κ2) is 8.87. The van der Waals surface area contributed by atoms with Gasteiger partial charge in [-0.05, 0) is 69.7 Å². The number of aliphatic hydroxyl groups excluding tert-OH is 1. The molecule has 3 rings (SSSR count). The molecule has 5 nitrogen and oxygen atoms in total. The average Bonchev–Trinajstić information content (AvgIpc) is 2.89. The summed E-state index contributed by atoms with van der Waals surface area (Å²) in [6.45, 7) is 19.7. The van der Waals surface area contributed by atoms with Gasteiger partial charge in [-0.25, -0.2) is 0 Å². The quantitative estimate of drug-likeness (QED) is 0.513. The molecule has 0 aliphatic heterocycles. The lowest BCUT2D eigenvalue weighted by molar-refractivity contribution is -0.164. The van der Waals surface area contributed by atoms with E-state index in [9.17, 15) is 14.7 Å². The number of hydrogen-bond donors (Lipinski definition) is 1.